The molecule has 0 N–H and O–H groups in total. The third-order valence-electron chi connectivity index (χ3n) is 3.00. The lowest BCUT2D eigenvalue weighted by Crippen LogP contribution is -2.49. The van der Waals surface area contributed by atoms with Crippen molar-refractivity contribution < 1.29 is 4.79 Å². The highest BCUT2D eigenvalue weighted by atomic mass is 16.2. The van der Waals surface area contributed by atoms with E-state index in [-0.39, 0.29) is 5.91 Å². The molecule has 1 saturated heterocycles. The van der Waals surface area contributed by atoms with Crippen LogP contribution >= 0.6 is 0 Å². The van der Waals surface area contributed by atoms with Gasteiger partial charge in [0.05, 0.1) is 6.54 Å². The monoisotopic (exact) mass is 234 g/mol. The molecule has 0 aliphatic carbocycles. The third kappa shape index (κ3) is 2.54. The van der Waals surface area contributed by atoms with Gasteiger partial charge in [-0.1, -0.05) is 13.8 Å². The average Bonchev–Trinajstić information content (AvgIpc) is 2.33. The first-order valence-electron chi connectivity index (χ1n) is 5.90. The molecule has 0 atom stereocenters. The summed E-state index contributed by atoms with van der Waals surface area (Å²) in [7, 11) is 1.82. The van der Waals surface area contributed by atoms with E-state index >= 15 is 0 Å². The molecule has 1 aromatic heterocycles. The minimum Gasteiger partial charge on any atom is -0.342 e. The van der Waals surface area contributed by atoms with Crippen molar-refractivity contribution in [2.24, 2.45) is 0 Å². The number of carbonyl (C=O) groups excluding carboxylic acids is 1. The van der Waals surface area contributed by atoms with E-state index in [0.29, 0.717) is 18.4 Å². The van der Waals surface area contributed by atoms with Crippen molar-refractivity contribution in [2.45, 2.75) is 19.8 Å². The van der Waals surface area contributed by atoms with Crippen molar-refractivity contribution in [1.29, 1.82) is 0 Å². The summed E-state index contributed by atoms with van der Waals surface area (Å²) in [5.41, 5.74) is 1.02. The van der Waals surface area contributed by atoms with E-state index in [9.17, 15) is 4.79 Å². The lowest BCUT2D eigenvalue weighted by Gasteiger charge is -2.32. The summed E-state index contributed by atoms with van der Waals surface area (Å²) in [4.78, 5) is 24.1. The van der Waals surface area contributed by atoms with Crippen LogP contribution in [0.3, 0.4) is 0 Å². The number of amides is 1. The minimum atomic E-state index is 0.120. The molecule has 1 aliphatic rings. The van der Waals surface area contributed by atoms with Gasteiger partial charge in [-0.15, -0.1) is 0 Å². The molecule has 0 spiro atoms. The maximum atomic E-state index is 11.6. The Bertz CT molecular complexity index is 419. The predicted octanol–water partition coefficient (Wildman–Crippen LogP) is 0.878. The highest BCUT2D eigenvalue weighted by Gasteiger charge is 2.22. The fraction of sp³-hybridized carbons (Fsp3) is 0.583. The molecule has 0 unspecified atom stereocenters. The molecule has 2 heterocycles. The molecule has 1 aliphatic heterocycles. The van der Waals surface area contributed by atoms with Crippen molar-refractivity contribution in [3.05, 3.63) is 18.0 Å². The summed E-state index contributed by atoms with van der Waals surface area (Å²) in [6.45, 7) is 6.10. The number of nitrogens with zero attached hydrogens (tertiary/aromatic N) is 4. The minimum absolute atomic E-state index is 0.120. The fourth-order valence-corrected chi connectivity index (χ4v) is 1.76. The van der Waals surface area contributed by atoms with Crippen LogP contribution < -0.4 is 4.90 Å². The van der Waals surface area contributed by atoms with Gasteiger partial charge in [0.1, 0.15) is 0 Å². The maximum Gasteiger partial charge on any atom is 0.242 e. The number of rotatable bonds is 2. The second-order valence-electron chi connectivity index (χ2n) is 4.67. The number of aromatic nitrogens is 2. The van der Waals surface area contributed by atoms with Crippen LogP contribution in [0.1, 0.15) is 25.5 Å². The summed E-state index contributed by atoms with van der Waals surface area (Å²) in [6, 6.07) is 1.92. The van der Waals surface area contributed by atoms with E-state index in [1.54, 1.807) is 11.1 Å². The van der Waals surface area contributed by atoms with Crippen molar-refractivity contribution in [1.82, 2.24) is 14.9 Å². The molecule has 1 aromatic rings. The molecule has 5 nitrogen and oxygen atoms in total. The quantitative estimate of drug-likeness (QED) is 0.762. The lowest BCUT2D eigenvalue weighted by atomic mass is 10.1. The Balaban J connectivity index is 2.17. The van der Waals surface area contributed by atoms with Gasteiger partial charge in [0, 0.05) is 32.0 Å². The molecule has 1 fully saturated rings. The van der Waals surface area contributed by atoms with Gasteiger partial charge in [-0.05, 0) is 12.0 Å². The predicted molar refractivity (Wildman–Crippen MR) is 66.0 cm³/mol. The van der Waals surface area contributed by atoms with Crippen LogP contribution in [0.15, 0.2) is 12.3 Å². The Kier molecular flexibility index (Phi) is 3.26. The van der Waals surface area contributed by atoms with Crippen LogP contribution in [0.4, 0.5) is 5.95 Å². The van der Waals surface area contributed by atoms with Gasteiger partial charge in [0.15, 0.2) is 0 Å². The third-order valence-corrected chi connectivity index (χ3v) is 3.00. The van der Waals surface area contributed by atoms with Gasteiger partial charge < -0.3 is 9.80 Å². The Morgan fingerprint density at radius 1 is 1.35 bits per heavy atom. The van der Waals surface area contributed by atoms with Crippen molar-refractivity contribution in [3.8, 4) is 0 Å². The van der Waals surface area contributed by atoms with Crippen LogP contribution in [0.2, 0.25) is 0 Å². The first kappa shape index (κ1) is 11.8. The molecule has 1 amide bonds. The largest absolute Gasteiger partial charge is 0.342 e. The van der Waals surface area contributed by atoms with Crippen LogP contribution in [0.25, 0.3) is 0 Å². The Hall–Kier alpha value is -1.65. The molecular formula is C12H18N4O. The summed E-state index contributed by atoms with van der Waals surface area (Å²) in [5, 5.41) is 0. The molecule has 5 heteroatoms. The molecule has 92 valence electrons. The second-order valence-corrected chi connectivity index (χ2v) is 4.67. The van der Waals surface area contributed by atoms with E-state index < -0.39 is 0 Å². The molecule has 0 saturated carbocycles. The van der Waals surface area contributed by atoms with Gasteiger partial charge in [-0.3, -0.25) is 4.79 Å². The molecule has 0 bridgehead atoms. The standard InChI is InChI=1S/C12H18N4O/c1-9(2)10-4-5-13-12(14-10)16-7-6-15(3)11(17)8-16/h4-5,9H,6-8H2,1-3H3. The average molecular weight is 234 g/mol. The number of hydrogen-bond acceptors (Lipinski definition) is 4. The number of piperazine rings is 1. The topological polar surface area (TPSA) is 49.3 Å². The van der Waals surface area contributed by atoms with Crippen molar-refractivity contribution in [2.75, 3.05) is 31.6 Å². The van der Waals surface area contributed by atoms with Gasteiger partial charge >= 0.3 is 0 Å². The zero-order valence-electron chi connectivity index (χ0n) is 10.6. The van der Waals surface area contributed by atoms with Crippen LogP contribution in [0, 0.1) is 0 Å². The Labute approximate surface area is 101 Å². The Morgan fingerprint density at radius 2 is 2.12 bits per heavy atom. The summed E-state index contributed by atoms with van der Waals surface area (Å²) in [6.07, 6.45) is 1.76. The zero-order chi connectivity index (χ0) is 12.4. The maximum absolute atomic E-state index is 11.6. The summed E-state index contributed by atoms with van der Waals surface area (Å²) in [5.74, 6) is 1.16. The fourth-order valence-electron chi connectivity index (χ4n) is 1.76. The normalized spacial score (nSPS) is 16.8. The molecule has 0 radical (unpaired) electrons. The second kappa shape index (κ2) is 4.69. The summed E-state index contributed by atoms with van der Waals surface area (Å²) >= 11 is 0. The van der Waals surface area contributed by atoms with Crippen LogP contribution in [-0.4, -0.2) is 47.5 Å². The summed E-state index contributed by atoms with van der Waals surface area (Å²) < 4.78 is 0. The molecule has 0 aromatic carbocycles. The van der Waals surface area contributed by atoms with Gasteiger partial charge in [-0.25, -0.2) is 9.97 Å². The van der Waals surface area contributed by atoms with E-state index in [2.05, 4.69) is 23.8 Å². The van der Waals surface area contributed by atoms with Gasteiger partial charge in [0.25, 0.3) is 0 Å². The molecule has 17 heavy (non-hydrogen) atoms. The van der Waals surface area contributed by atoms with E-state index in [1.165, 1.54) is 0 Å². The number of carbonyl (C=O) groups is 1. The van der Waals surface area contributed by atoms with Crippen LogP contribution in [-0.2, 0) is 4.79 Å². The van der Waals surface area contributed by atoms with Crippen molar-refractivity contribution in [3.63, 3.8) is 0 Å². The lowest BCUT2D eigenvalue weighted by molar-refractivity contribution is -0.129. The SMILES string of the molecule is CC(C)c1ccnc(N2CCN(C)C(=O)C2)n1. The number of hydrogen-bond donors (Lipinski definition) is 0. The van der Waals surface area contributed by atoms with Crippen molar-refractivity contribution >= 4 is 11.9 Å². The van der Waals surface area contributed by atoms with E-state index in [1.807, 2.05) is 18.0 Å². The zero-order valence-corrected chi connectivity index (χ0v) is 10.6. The first-order valence-corrected chi connectivity index (χ1v) is 5.90. The van der Waals surface area contributed by atoms with Gasteiger partial charge in [0.2, 0.25) is 11.9 Å². The number of anilines is 1. The van der Waals surface area contributed by atoms with Gasteiger partial charge in [-0.2, -0.15) is 0 Å². The van der Waals surface area contributed by atoms with Crippen LogP contribution in [0.5, 0.6) is 0 Å². The smallest absolute Gasteiger partial charge is 0.242 e. The molecular weight excluding hydrogens is 216 g/mol. The van der Waals surface area contributed by atoms with E-state index in [4.69, 9.17) is 0 Å². The first-order chi connectivity index (χ1) is 8.08. The van der Waals surface area contributed by atoms with E-state index in [0.717, 1.165) is 18.8 Å². The Morgan fingerprint density at radius 3 is 2.76 bits per heavy atom. The number of likely N-dealkylation sites (N-methyl/N-ethyl adjacent to an activating group) is 1. The highest BCUT2D eigenvalue weighted by molar-refractivity contribution is 5.81. The molecule has 2 rings (SSSR count). The highest BCUT2D eigenvalue weighted by Crippen LogP contribution is 2.15.